The first-order valence-corrected chi connectivity index (χ1v) is 17.3. The standard InChI is InChI=1S/C35H40Cl2N8O4/c1-35(2,3)49-33(47)21-42-14-15-43-25-9-7-8-23(16-25)28(10-5-4-6-13-38-34(48)30(43)19-42)44-22-39-27(18-32(44)46)26-17-24(36)11-12-29(26)45-20-31(37)40-41-45/h7-9,11-12,16-18,20,22,28,30H,4-6,10,13-15,19,21H2,1-3H3,(H,38,48)/t28-,30+/m0/s1. The molecule has 6 rings (SSSR count). The lowest BCUT2D eigenvalue weighted by atomic mass is 9.98. The van der Waals surface area contributed by atoms with E-state index in [0.29, 0.717) is 54.6 Å². The van der Waals surface area contributed by atoms with Crippen molar-refractivity contribution < 1.29 is 14.3 Å². The van der Waals surface area contributed by atoms with Crippen molar-refractivity contribution in [2.24, 2.45) is 0 Å². The number of amides is 1. The summed E-state index contributed by atoms with van der Waals surface area (Å²) in [5.74, 6) is -0.380. The Morgan fingerprint density at radius 1 is 1.02 bits per heavy atom. The van der Waals surface area contributed by atoms with Gasteiger partial charge in [-0.05, 0) is 69.5 Å². The smallest absolute Gasteiger partial charge is 0.320 e. The van der Waals surface area contributed by atoms with Crippen molar-refractivity contribution in [3.8, 4) is 16.9 Å². The van der Waals surface area contributed by atoms with E-state index in [0.717, 1.165) is 30.5 Å². The van der Waals surface area contributed by atoms with Crippen LogP contribution in [-0.2, 0) is 14.3 Å². The van der Waals surface area contributed by atoms with Crippen LogP contribution in [0, 0.1) is 0 Å². The molecule has 0 saturated carbocycles. The van der Waals surface area contributed by atoms with Crippen molar-refractivity contribution in [3.63, 3.8) is 0 Å². The number of esters is 1. The second kappa shape index (κ2) is 14.7. The van der Waals surface area contributed by atoms with E-state index in [9.17, 15) is 14.4 Å². The number of rotatable bonds is 5. The number of nitrogens with zero attached hydrogens (tertiary/aromatic N) is 7. The number of benzene rings is 2. The SMILES string of the molecule is CC(C)(C)OC(=O)CN1CCN2c3cccc(c3)[C@@H](n3cnc(-c4cc(Cl)ccc4-n4cc(Cl)nn4)cc3=O)CCCCCNC(=O)[C@H]2C1. The molecule has 4 aromatic rings. The molecule has 0 unspecified atom stereocenters. The number of piperazine rings is 1. The molecular formula is C35H40Cl2N8O4. The van der Waals surface area contributed by atoms with Gasteiger partial charge in [-0.3, -0.25) is 23.9 Å². The Morgan fingerprint density at radius 2 is 1.86 bits per heavy atom. The van der Waals surface area contributed by atoms with Gasteiger partial charge in [-0.2, -0.15) is 0 Å². The lowest BCUT2D eigenvalue weighted by Crippen LogP contribution is -2.60. The van der Waals surface area contributed by atoms with Gasteiger partial charge in [-0.1, -0.05) is 53.4 Å². The minimum atomic E-state index is -0.582. The van der Waals surface area contributed by atoms with Gasteiger partial charge in [-0.15, -0.1) is 5.10 Å². The fourth-order valence-corrected chi connectivity index (χ4v) is 6.78. The summed E-state index contributed by atoms with van der Waals surface area (Å²) in [6, 6.07) is 14.0. The Bertz CT molecular complexity index is 1890. The topological polar surface area (TPSA) is 127 Å². The average Bonchev–Trinajstić information content (AvgIpc) is 3.49. The third-order valence-corrected chi connectivity index (χ3v) is 9.11. The Morgan fingerprint density at radius 3 is 2.61 bits per heavy atom. The fraction of sp³-hybridized carbons (Fsp3) is 0.429. The largest absolute Gasteiger partial charge is 0.459 e. The van der Waals surface area contributed by atoms with Crippen LogP contribution in [0.1, 0.15) is 58.1 Å². The molecule has 1 amide bonds. The number of hydrogen-bond acceptors (Lipinski definition) is 9. The molecule has 49 heavy (non-hydrogen) atoms. The number of hydrogen-bond donors (Lipinski definition) is 1. The van der Waals surface area contributed by atoms with E-state index in [4.69, 9.17) is 32.9 Å². The summed E-state index contributed by atoms with van der Waals surface area (Å²) in [7, 11) is 0. The van der Waals surface area contributed by atoms with Gasteiger partial charge < -0.3 is 15.0 Å². The summed E-state index contributed by atoms with van der Waals surface area (Å²) in [4.78, 5) is 48.9. The first-order valence-electron chi connectivity index (χ1n) is 16.5. The highest BCUT2D eigenvalue weighted by molar-refractivity contribution is 6.31. The number of nitrogens with one attached hydrogen (secondary N) is 1. The number of fused-ring (bicyclic) bond motifs is 4. The van der Waals surface area contributed by atoms with Gasteiger partial charge in [0.15, 0.2) is 5.15 Å². The summed E-state index contributed by atoms with van der Waals surface area (Å²) >= 11 is 12.4. The third-order valence-electron chi connectivity index (χ3n) is 8.70. The molecule has 2 aromatic heterocycles. The Kier molecular flexibility index (Phi) is 10.4. The molecule has 2 bridgehead atoms. The van der Waals surface area contributed by atoms with Crippen LogP contribution in [0.4, 0.5) is 5.69 Å². The summed E-state index contributed by atoms with van der Waals surface area (Å²) in [6.45, 7) is 7.72. The lowest BCUT2D eigenvalue weighted by molar-refractivity contribution is -0.156. The van der Waals surface area contributed by atoms with E-state index in [1.54, 1.807) is 35.3 Å². The van der Waals surface area contributed by atoms with Gasteiger partial charge in [-0.25, -0.2) is 9.67 Å². The molecule has 2 aliphatic heterocycles. The van der Waals surface area contributed by atoms with Crippen LogP contribution in [0.5, 0.6) is 0 Å². The normalized spacial score (nSPS) is 19.2. The highest BCUT2D eigenvalue weighted by Crippen LogP contribution is 2.31. The summed E-state index contributed by atoms with van der Waals surface area (Å²) in [5.41, 5.74) is 2.73. The Hall–Kier alpha value is -4.26. The van der Waals surface area contributed by atoms with Crippen LogP contribution in [0.2, 0.25) is 10.2 Å². The van der Waals surface area contributed by atoms with Crippen molar-refractivity contribution in [2.75, 3.05) is 37.6 Å². The molecule has 1 N–H and O–H groups in total. The average molecular weight is 708 g/mol. The van der Waals surface area contributed by atoms with Gasteiger partial charge in [0.2, 0.25) is 5.91 Å². The summed E-state index contributed by atoms with van der Waals surface area (Å²) in [6.07, 6.45) is 6.41. The highest BCUT2D eigenvalue weighted by Gasteiger charge is 2.34. The van der Waals surface area contributed by atoms with Crippen LogP contribution in [-0.4, -0.2) is 85.7 Å². The molecule has 2 aromatic carbocycles. The number of carbonyl (C=O) groups is 2. The van der Waals surface area contributed by atoms with Crippen molar-refractivity contribution >= 4 is 40.8 Å². The van der Waals surface area contributed by atoms with Crippen LogP contribution < -0.4 is 15.8 Å². The molecule has 14 heteroatoms. The van der Waals surface area contributed by atoms with E-state index < -0.39 is 11.6 Å². The van der Waals surface area contributed by atoms with Crippen LogP contribution in [0.15, 0.2) is 65.8 Å². The maximum absolute atomic E-state index is 13.9. The van der Waals surface area contributed by atoms with E-state index >= 15 is 0 Å². The molecule has 0 spiro atoms. The highest BCUT2D eigenvalue weighted by atomic mass is 35.5. The first-order chi connectivity index (χ1) is 23.4. The maximum atomic E-state index is 13.9. The second-order valence-corrected chi connectivity index (χ2v) is 14.3. The number of anilines is 1. The van der Waals surface area contributed by atoms with E-state index in [1.807, 2.05) is 43.9 Å². The molecule has 4 heterocycles. The van der Waals surface area contributed by atoms with Crippen molar-refractivity contribution in [1.82, 2.24) is 34.8 Å². The number of halogens is 2. The second-order valence-electron chi connectivity index (χ2n) is 13.4. The van der Waals surface area contributed by atoms with Crippen LogP contribution >= 0.6 is 23.2 Å². The predicted molar refractivity (Wildman–Crippen MR) is 188 cm³/mol. The number of aromatic nitrogens is 5. The quantitative estimate of drug-likeness (QED) is 0.288. The molecule has 1 fully saturated rings. The monoisotopic (exact) mass is 706 g/mol. The van der Waals surface area contributed by atoms with E-state index in [1.165, 1.54) is 10.7 Å². The Labute approximate surface area is 295 Å². The zero-order chi connectivity index (χ0) is 34.7. The van der Waals surface area contributed by atoms with Gasteiger partial charge in [0.25, 0.3) is 5.56 Å². The first kappa shape index (κ1) is 34.6. The van der Waals surface area contributed by atoms with Gasteiger partial charge in [0.05, 0.1) is 36.5 Å². The molecular weight excluding hydrogens is 667 g/mol. The number of ether oxygens (including phenoxy) is 1. The van der Waals surface area contributed by atoms with Crippen LogP contribution in [0.25, 0.3) is 16.9 Å². The molecule has 1 saturated heterocycles. The summed E-state index contributed by atoms with van der Waals surface area (Å²) in [5, 5.41) is 11.8. The van der Waals surface area contributed by atoms with E-state index in [2.05, 4.69) is 26.6 Å². The fourth-order valence-electron chi connectivity index (χ4n) is 6.48. The summed E-state index contributed by atoms with van der Waals surface area (Å²) < 4.78 is 8.75. The minimum Gasteiger partial charge on any atom is -0.459 e. The van der Waals surface area contributed by atoms with E-state index in [-0.39, 0.29) is 35.2 Å². The lowest BCUT2D eigenvalue weighted by Gasteiger charge is -2.42. The van der Waals surface area contributed by atoms with Gasteiger partial charge in [0, 0.05) is 48.5 Å². The van der Waals surface area contributed by atoms with Crippen molar-refractivity contribution in [3.05, 3.63) is 87.1 Å². The minimum absolute atomic E-state index is 0.0698. The van der Waals surface area contributed by atoms with Crippen molar-refractivity contribution in [1.29, 1.82) is 0 Å². The molecule has 258 valence electrons. The molecule has 2 aliphatic rings. The van der Waals surface area contributed by atoms with Crippen molar-refractivity contribution in [2.45, 2.75) is 64.1 Å². The zero-order valence-electron chi connectivity index (χ0n) is 27.8. The zero-order valence-corrected chi connectivity index (χ0v) is 29.3. The number of carbonyl (C=O) groups excluding carboxylic acids is 2. The predicted octanol–water partition coefficient (Wildman–Crippen LogP) is 4.91. The third kappa shape index (κ3) is 8.31. The van der Waals surface area contributed by atoms with Gasteiger partial charge in [0.1, 0.15) is 11.6 Å². The molecule has 2 atom stereocenters. The Balaban J connectivity index is 1.31. The molecule has 0 radical (unpaired) electrons. The molecule has 12 nitrogen and oxygen atoms in total. The van der Waals surface area contributed by atoms with Crippen LogP contribution in [0.3, 0.4) is 0 Å². The maximum Gasteiger partial charge on any atom is 0.320 e. The molecule has 0 aliphatic carbocycles. The van der Waals surface area contributed by atoms with Gasteiger partial charge >= 0.3 is 5.97 Å².